The summed E-state index contributed by atoms with van der Waals surface area (Å²) in [5.41, 5.74) is 8.56. The molecule has 0 spiro atoms. The van der Waals surface area contributed by atoms with Crippen LogP contribution in [0.3, 0.4) is 0 Å². The molecule has 13 heavy (non-hydrogen) atoms. The van der Waals surface area contributed by atoms with Crippen LogP contribution in [0.1, 0.15) is 5.69 Å². The molecule has 4 heteroatoms. The molecule has 3 nitrogen and oxygen atoms in total. The van der Waals surface area contributed by atoms with Gasteiger partial charge in [0.25, 0.3) is 0 Å². The van der Waals surface area contributed by atoms with Gasteiger partial charge in [-0.15, -0.1) is 0 Å². The quantitative estimate of drug-likeness (QED) is 0.653. The van der Waals surface area contributed by atoms with Crippen molar-refractivity contribution >= 4 is 28.3 Å². The molecule has 0 unspecified atom stereocenters. The molecule has 0 aliphatic carbocycles. The lowest BCUT2D eigenvalue weighted by atomic mass is 10.2. The van der Waals surface area contributed by atoms with Crippen molar-refractivity contribution in [2.45, 2.75) is 6.92 Å². The second-order valence-corrected chi connectivity index (χ2v) is 3.21. The van der Waals surface area contributed by atoms with E-state index >= 15 is 0 Å². The van der Waals surface area contributed by atoms with Crippen LogP contribution in [0.25, 0.3) is 11.0 Å². The summed E-state index contributed by atoms with van der Waals surface area (Å²) in [6.07, 6.45) is 0. The Bertz CT molecular complexity index is 468. The smallest absolute Gasteiger partial charge is 0.150 e. The van der Waals surface area contributed by atoms with Crippen molar-refractivity contribution in [1.82, 2.24) is 9.97 Å². The average Bonchev–Trinajstić information content (AvgIpc) is 2.08. The van der Waals surface area contributed by atoms with Gasteiger partial charge in [-0.3, -0.25) is 0 Å². The molecule has 1 aromatic carbocycles. The lowest BCUT2D eigenvalue weighted by molar-refractivity contribution is 1.19. The van der Waals surface area contributed by atoms with Crippen molar-refractivity contribution in [2.24, 2.45) is 0 Å². The monoisotopic (exact) mass is 193 g/mol. The zero-order valence-corrected chi connectivity index (χ0v) is 7.84. The maximum Gasteiger partial charge on any atom is 0.150 e. The fourth-order valence-corrected chi connectivity index (χ4v) is 1.27. The highest BCUT2D eigenvalue weighted by atomic mass is 35.5. The molecule has 0 aliphatic heterocycles. The highest BCUT2D eigenvalue weighted by Crippen LogP contribution is 2.18. The van der Waals surface area contributed by atoms with Crippen LogP contribution in [-0.2, 0) is 0 Å². The van der Waals surface area contributed by atoms with E-state index in [1.54, 1.807) is 12.1 Å². The number of anilines is 1. The van der Waals surface area contributed by atoms with Crippen LogP contribution in [-0.4, -0.2) is 9.97 Å². The highest BCUT2D eigenvalue weighted by molar-refractivity contribution is 6.30. The summed E-state index contributed by atoms with van der Waals surface area (Å²) >= 11 is 5.82. The van der Waals surface area contributed by atoms with E-state index in [0.29, 0.717) is 10.8 Å². The number of rotatable bonds is 0. The maximum absolute atomic E-state index is 5.82. The Morgan fingerprint density at radius 3 is 2.77 bits per heavy atom. The van der Waals surface area contributed by atoms with Crippen molar-refractivity contribution in [1.29, 1.82) is 0 Å². The average molecular weight is 194 g/mol. The van der Waals surface area contributed by atoms with Crippen LogP contribution >= 0.6 is 11.6 Å². The Balaban J connectivity index is 2.81. The summed E-state index contributed by atoms with van der Waals surface area (Å²) in [6, 6.07) is 5.37. The molecular formula is C9H8ClN3. The number of halogens is 1. The van der Waals surface area contributed by atoms with Crippen LogP contribution < -0.4 is 5.73 Å². The van der Waals surface area contributed by atoms with Gasteiger partial charge in [-0.2, -0.15) is 0 Å². The van der Waals surface area contributed by atoms with Crippen molar-refractivity contribution in [2.75, 3.05) is 5.73 Å². The Labute approximate surface area is 80.6 Å². The fraction of sp³-hybridized carbons (Fsp3) is 0.111. The number of aryl methyl sites for hydroxylation is 1. The minimum absolute atomic E-state index is 0.442. The zero-order chi connectivity index (χ0) is 9.42. The molecule has 0 saturated heterocycles. The first-order chi connectivity index (χ1) is 6.16. The highest BCUT2D eigenvalue weighted by Gasteiger charge is 2.02. The number of benzene rings is 1. The van der Waals surface area contributed by atoms with E-state index in [4.69, 9.17) is 17.3 Å². The second-order valence-electron chi connectivity index (χ2n) is 2.85. The van der Waals surface area contributed by atoms with Gasteiger partial charge in [-0.25, -0.2) is 9.97 Å². The third-order valence-corrected chi connectivity index (χ3v) is 2.16. The molecule has 1 heterocycles. The van der Waals surface area contributed by atoms with E-state index in [9.17, 15) is 0 Å². The first kappa shape index (κ1) is 8.26. The van der Waals surface area contributed by atoms with E-state index in [-0.39, 0.29) is 0 Å². The standard InChI is InChI=1S/C9H8ClN3/c1-5-9(10)13-7-3-2-6(11)4-8(7)12-5/h2-4H,11H2,1H3. The van der Waals surface area contributed by atoms with Crippen molar-refractivity contribution in [3.63, 3.8) is 0 Å². The molecule has 66 valence electrons. The molecule has 0 bridgehead atoms. The van der Waals surface area contributed by atoms with E-state index < -0.39 is 0 Å². The number of hydrogen-bond donors (Lipinski definition) is 1. The van der Waals surface area contributed by atoms with Crippen LogP contribution in [0.2, 0.25) is 5.15 Å². The van der Waals surface area contributed by atoms with E-state index in [0.717, 1.165) is 16.7 Å². The number of nitrogens with zero attached hydrogens (tertiary/aromatic N) is 2. The van der Waals surface area contributed by atoms with Gasteiger partial charge in [0.05, 0.1) is 16.7 Å². The Morgan fingerprint density at radius 1 is 1.23 bits per heavy atom. The summed E-state index contributed by atoms with van der Waals surface area (Å²) in [5.74, 6) is 0. The molecule has 0 radical (unpaired) electrons. The Morgan fingerprint density at radius 2 is 2.00 bits per heavy atom. The van der Waals surface area contributed by atoms with Gasteiger partial charge in [0.1, 0.15) is 0 Å². The number of aromatic nitrogens is 2. The normalized spacial score (nSPS) is 10.6. The number of fused-ring (bicyclic) bond motifs is 1. The molecule has 1 aromatic heterocycles. The lowest BCUT2D eigenvalue weighted by Gasteiger charge is -2.00. The van der Waals surface area contributed by atoms with Gasteiger partial charge in [-0.05, 0) is 25.1 Å². The minimum atomic E-state index is 0.442. The largest absolute Gasteiger partial charge is 0.399 e. The van der Waals surface area contributed by atoms with Crippen LogP contribution in [0.5, 0.6) is 0 Å². The van der Waals surface area contributed by atoms with Gasteiger partial charge in [0.15, 0.2) is 5.15 Å². The first-order valence-electron chi connectivity index (χ1n) is 3.86. The fourth-order valence-electron chi connectivity index (χ4n) is 1.14. The Kier molecular flexibility index (Phi) is 1.81. The zero-order valence-electron chi connectivity index (χ0n) is 7.08. The van der Waals surface area contributed by atoms with Crippen molar-refractivity contribution in [3.05, 3.63) is 29.0 Å². The number of nitrogen functional groups attached to an aromatic ring is 1. The van der Waals surface area contributed by atoms with Gasteiger partial charge < -0.3 is 5.73 Å². The first-order valence-corrected chi connectivity index (χ1v) is 4.24. The third kappa shape index (κ3) is 1.42. The van der Waals surface area contributed by atoms with E-state index in [1.165, 1.54) is 0 Å². The summed E-state index contributed by atoms with van der Waals surface area (Å²) in [7, 11) is 0. The second kappa shape index (κ2) is 2.85. The molecule has 0 aliphatic rings. The SMILES string of the molecule is Cc1nc2cc(N)ccc2nc1Cl. The predicted molar refractivity (Wildman–Crippen MR) is 53.7 cm³/mol. The summed E-state index contributed by atoms with van der Waals surface area (Å²) in [6.45, 7) is 1.82. The van der Waals surface area contributed by atoms with Gasteiger partial charge in [-0.1, -0.05) is 11.6 Å². The van der Waals surface area contributed by atoms with Gasteiger partial charge in [0.2, 0.25) is 0 Å². The lowest BCUT2D eigenvalue weighted by Crippen LogP contribution is -1.91. The molecule has 0 atom stereocenters. The van der Waals surface area contributed by atoms with Crippen LogP contribution in [0.15, 0.2) is 18.2 Å². The van der Waals surface area contributed by atoms with E-state index in [2.05, 4.69) is 9.97 Å². The van der Waals surface area contributed by atoms with Crippen LogP contribution in [0.4, 0.5) is 5.69 Å². The Hall–Kier alpha value is -1.35. The third-order valence-electron chi connectivity index (χ3n) is 1.80. The van der Waals surface area contributed by atoms with Gasteiger partial charge >= 0.3 is 0 Å². The van der Waals surface area contributed by atoms with Crippen molar-refractivity contribution in [3.8, 4) is 0 Å². The molecule has 2 rings (SSSR count). The molecule has 0 fully saturated rings. The molecule has 0 amide bonds. The van der Waals surface area contributed by atoms with E-state index in [1.807, 2.05) is 13.0 Å². The molecule has 0 saturated carbocycles. The molecule has 2 aromatic rings. The summed E-state index contributed by atoms with van der Waals surface area (Å²) in [5, 5.41) is 0.442. The topological polar surface area (TPSA) is 51.8 Å². The molecule has 2 N–H and O–H groups in total. The predicted octanol–water partition coefficient (Wildman–Crippen LogP) is 2.17. The van der Waals surface area contributed by atoms with Crippen molar-refractivity contribution < 1.29 is 0 Å². The maximum atomic E-state index is 5.82. The number of nitrogens with two attached hydrogens (primary N) is 1. The summed E-state index contributed by atoms with van der Waals surface area (Å²) in [4.78, 5) is 8.43. The minimum Gasteiger partial charge on any atom is -0.399 e. The number of hydrogen-bond acceptors (Lipinski definition) is 3. The van der Waals surface area contributed by atoms with Gasteiger partial charge in [0, 0.05) is 5.69 Å². The van der Waals surface area contributed by atoms with Crippen LogP contribution in [0, 0.1) is 6.92 Å². The summed E-state index contributed by atoms with van der Waals surface area (Å²) < 4.78 is 0. The molecular weight excluding hydrogens is 186 g/mol.